The molecule has 0 bridgehead atoms. The van der Waals surface area contributed by atoms with Crippen molar-refractivity contribution in [2.75, 3.05) is 19.0 Å². The average Bonchev–Trinajstić information content (AvgIpc) is 2.93. The van der Waals surface area contributed by atoms with Gasteiger partial charge in [0.2, 0.25) is 11.8 Å². The van der Waals surface area contributed by atoms with Gasteiger partial charge in [-0.05, 0) is 30.3 Å². The van der Waals surface area contributed by atoms with Crippen molar-refractivity contribution in [3.05, 3.63) is 84.0 Å². The molecular formula is C26H20FN7O4. The molecule has 12 heteroatoms. The first kappa shape index (κ1) is 23.3. The predicted octanol–water partition coefficient (Wildman–Crippen LogP) is 3.42. The van der Waals surface area contributed by atoms with Gasteiger partial charge >= 0.3 is 0 Å². The summed E-state index contributed by atoms with van der Waals surface area (Å²) in [5, 5.41) is 2.84. The smallest absolute Gasteiger partial charge is 0.283 e. The lowest BCUT2D eigenvalue weighted by molar-refractivity contribution is 0.102. The fraction of sp³-hybridized carbons (Fsp3) is 0.154. The minimum Gasteiger partial charge on any atom is -0.480 e. The number of benzene rings is 1. The fourth-order valence-corrected chi connectivity index (χ4v) is 4.55. The molecule has 38 heavy (non-hydrogen) atoms. The maximum atomic E-state index is 13.8. The Hall–Kier alpha value is -5.13. The summed E-state index contributed by atoms with van der Waals surface area (Å²) in [6.07, 6.45) is 6.08. The number of halogens is 1. The Bertz CT molecular complexity index is 1600. The number of rotatable bonds is 4. The van der Waals surface area contributed by atoms with Crippen LogP contribution in [0.3, 0.4) is 0 Å². The second-order valence-electron chi connectivity index (χ2n) is 8.55. The van der Waals surface area contributed by atoms with Crippen molar-refractivity contribution in [3.63, 3.8) is 0 Å². The molecule has 5 heterocycles. The zero-order valence-corrected chi connectivity index (χ0v) is 20.0. The standard InChI is InChI=1S/C26H20FN7O4/c1-36-23-13-31-19(11-32-23)24(35)33-15-2-3-20-16(9-15)26(5-7-37-25(28)34-26)17-10-18(30-12-21(17)38-20)14-4-6-29-22(27)8-14/h2-4,6,8-13H,5,7H2,1H3,(H2,28,34)(H,33,35)/t26-/m0/s1. The molecule has 0 fully saturated rings. The Labute approximate surface area is 215 Å². The molecule has 0 unspecified atom stereocenters. The number of hydrogen-bond acceptors (Lipinski definition) is 10. The van der Waals surface area contributed by atoms with E-state index in [1.165, 1.54) is 31.8 Å². The summed E-state index contributed by atoms with van der Waals surface area (Å²) in [4.78, 5) is 33.8. The first-order chi connectivity index (χ1) is 18.4. The molecule has 0 aliphatic carbocycles. The highest BCUT2D eigenvalue weighted by atomic mass is 19.1. The third-order valence-electron chi connectivity index (χ3n) is 6.32. The first-order valence-electron chi connectivity index (χ1n) is 11.6. The number of fused-ring (bicyclic) bond motifs is 4. The molecule has 4 aromatic rings. The molecule has 2 aliphatic rings. The number of carbonyl (C=O) groups excluding carboxylic acids is 1. The molecule has 190 valence electrons. The molecule has 1 amide bonds. The van der Waals surface area contributed by atoms with Crippen molar-refractivity contribution < 1.29 is 23.4 Å². The van der Waals surface area contributed by atoms with Crippen LogP contribution in [0, 0.1) is 5.95 Å². The van der Waals surface area contributed by atoms with Gasteiger partial charge < -0.3 is 25.3 Å². The topological polar surface area (TPSA) is 147 Å². The Balaban J connectivity index is 1.42. The van der Waals surface area contributed by atoms with E-state index in [1.54, 1.807) is 36.5 Å². The normalized spacial score (nSPS) is 17.4. The number of amidine groups is 1. The second-order valence-corrected chi connectivity index (χ2v) is 8.55. The molecule has 6 rings (SSSR count). The third-order valence-corrected chi connectivity index (χ3v) is 6.32. The van der Waals surface area contributed by atoms with Crippen molar-refractivity contribution in [2.24, 2.45) is 10.7 Å². The largest absolute Gasteiger partial charge is 0.480 e. The molecule has 0 saturated carbocycles. The average molecular weight is 513 g/mol. The van der Waals surface area contributed by atoms with E-state index in [0.717, 1.165) is 0 Å². The minimum atomic E-state index is -0.991. The lowest BCUT2D eigenvalue weighted by Gasteiger charge is -2.39. The Morgan fingerprint density at radius 1 is 1.05 bits per heavy atom. The van der Waals surface area contributed by atoms with E-state index in [1.807, 2.05) is 0 Å². The van der Waals surface area contributed by atoms with E-state index in [2.05, 4.69) is 25.3 Å². The number of aliphatic imine (C=N–C) groups is 1. The van der Waals surface area contributed by atoms with Gasteiger partial charge in [-0.3, -0.25) is 9.78 Å². The highest BCUT2D eigenvalue weighted by molar-refractivity contribution is 6.02. The zero-order chi connectivity index (χ0) is 26.3. The SMILES string of the molecule is COc1cnc(C(=O)Nc2ccc3c(c2)[C@@]2(CCOC(N)=N2)c2cc(-c4ccnc(F)c4)ncc2O3)cn1. The molecule has 1 spiro atoms. The van der Waals surface area contributed by atoms with Gasteiger partial charge in [0.15, 0.2) is 5.75 Å². The van der Waals surface area contributed by atoms with Crippen LogP contribution in [0.5, 0.6) is 17.4 Å². The number of amides is 1. The minimum absolute atomic E-state index is 0.0197. The summed E-state index contributed by atoms with van der Waals surface area (Å²) >= 11 is 0. The van der Waals surface area contributed by atoms with Crippen LogP contribution in [-0.2, 0) is 10.3 Å². The number of aromatic nitrogens is 4. The highest BCUT2D eigenvalue weighted by Gasteiger charge is 2.45. The van der Waals surface area contributed by atoms with Gasteiger partial charge in [-0.15, -0.1) is 0 Å². The quantitative estimate of drug-likeness (QED) is 0.392. The van der Waals surface area contributed by atoms with Gasteiger partial charge in [0.05, 0.1) is 38.0 Å². The Kier molecular flexibility index (Phi) is 5.56. The van der Waals surface area contributed by atoms with Crippen LogP contribution in [0.15, 0.2) is 66.2 Å². The number of anilines is 1. The molecule has 2 aliphatic heterocycles. The van der Waals surface area contributed by atoms with Crippen LogP contribution in [-0.4, -0.2) is 45.6 Å². The summed E-state index contributed by atoms with van der Waals surface area (Å²) < 4.78 is 30.5. The van der Waals surface area contributed by atoms with E-state index in [9.17, 15) is 9.18 Å². The number of methoxy groups -OCH3 is 1. The first-order valence-corrected chi connectivity index (χ1v) is 11.6. The molecule has 3 N–H and O–H groups in total. The van der Waals surface area contributed by atoms with Gasteiger partial charge in [-0.1, -0.05) is 0 Å². The van der Waals surface area contributed by atoms with Crippen molar-refractivity contribution in [1.82, 2.24) is 19.9 Å². The van der Waals surface area contributed by atoms with E-state index in [0.29, 0.717) is 58.5 Å². The fourth-order valence-electron chi connectivity index (χ4n) is 4.55. The molecule has 1 atom stereocenters. The maximum absolute atomic E-state index is 13.8. The number of pyridine rings is 2. The number of nitrogens with two attached hydrogens (primary N) is 1. The van der Waals surface area contributed by atoms with Crippen LogP contribution in [0.25, 0.3) is 11.3 Å². The van der Waals surface area contributed by atoms with Crippen LogP contribution in [0.2, 0.25) is 0 Å². The highest BCUT2D eigenvalue weighted by Crippen LogP contribution is 2.52. The van der Waals surface area contributed by atoms with Crippen molar-refractivity contribution in [1.29, 1.82) is 0 Å². The number of hydrogen-bond donors (Lipinski definition) is 2. The summed E-state index contributed by atoms with van der Waals surface area (Å²) in [7, 11) is 1.47. The Morgan fingerprint density at radius 2 is 1.92 bits per heavy atom. The summed E-state index contributed by atoms with van der Waals surface area (Å²) in [6, 6.07) is 10.0. The zero-order valence-electron chi connectivity index (χ0n) is 20.0. The summed E-state index contributed by atoms with van der Waals surface area (Å²) in [6.45, 7) is 0.299. The van der Waals surface area contributed by atoms with Crippen LogP contribution >= 0.6 is 0 Å². The van der Waals surface area contributed by atoms with E-state index < -0.39 is 17.4 Å². The molecule has 1 aromatic carbocycles. The van der Waals surface area contributed by atoms with Gasteiger partial charge in [0, 0.05) is 41.1 Å². The Morgan fingerprint density at radius 3 is 2.68 bits per heavy atom. The number of nitrogens with one attached hydrogen (secondary N) is 1. The molecular weight excluding hydrogens is 493 g/mol. The predicted molar refractivity (Wildman–Crippen MR) is 133 cm³/mol. The number of carbonyl (C=O) groups is 1. The summed E-state index contributed by atoms with van der Waals surface area (Å²) in [5.41, 5.74) is 8.10. The molecule has 0 saturated heterocycles. The third kappa shape index (κ3) is 4.01. The molecule has 11 nitrogen and oxygen atoms in total. The monoisotopic (exact) mass is 513 g/mol. The van der Waals surface area contributed by atoms with Gasteiger partial charge in [-0.2, -0.15) is 4.39 Å². The van der Waals surface area contributed by atoms with Crippen molar-refractivity contribution >= 4 is 17.6 Å². The van der Waals surface area contributed by atoms with Crippen molar-refractivity contribution in [2.45, 2.75) is 12.0 Å². The lowest BCUT2D eigenvalue weighted by Crippen LogP contribution is -2.38. The molecule has 3 aromatic heterocycles. The van der Waals surface area contributed by atoms with E-state index in [4.69, 9.17) is 24.9 Å². The number of ether oxygens (including phenoxy) is 3. The van der Waals surface area contributed by atoms with Crippen molar-refractivity contribution in [3.8, 4) is 28.6 Å². The summed E-state index contributed by atoms with van der Waals surface area (Å²) in [5.74, 6) is 0.245. The van der Waals surface area contributed by atoms with Crippen LogP contribution in [0.4, 0.5) is 10.1 Å². The lowest BCUT2D eigenvalue weighted by atomic mass is 9.77. The van der Waals surface area contributed by atoms with Crippen LogP contribution < -0.4 is 20.5 Å². The number of nitrogens with zero attached hydrogens (tertiary/aromatic N) is 5. The van der Waals surface area contributed by atoms with Gasteiger partial charge in [0.1, 0.15) is 17.0 Å². The van der Waals surface area contributed by atoms with Gasteiger partial charge in [-0.25, -0.2) is 19.9 Å². The van der Waals surface area contributed by atoms with Gasteiger partial charge in [0.25, 0.3) is 11.9 Å². The molecule has 0 radical (unpaired) electrons. The maximum Gasteiger partial charge on any atom is 0.283 e. The van der Waals surface area contributed by atoms with Crippen LogP contribution in [0.1, 0.15) is 28.0 Å². The van der Waals surface area contributed by atoms with E-state index >= 15 is 0 Å². The second kappa shape index (κ2) is 9.07. The van der Waals surface area contributed by atoms with E-state index in [-0.39, 0.29) is 11.7 Å².